The molecule has 0 saturated carbocycles. The van der Waals surface area contributed by atoms with Gasteiger partial charge in [0, 0.05) is 23.5 Å². The van der Waals surface area contributed by atoms with Crippen molar-refractivity contribution in [2.24, 2.45) is 5.73 Å². The summed E-state index contributed by atoms with van der Waals surface area (Å²) in [5.41, 5.74) is 7.85. The van der Waals surface area contributed by atoms with E-state index in [1.54, 1.807) is 12.4 Å². The summed E-state index contributed by atoms with van der Waals surface area (Å²) in [4.78, 5) is 15.2. The van der Waals surface area contributed by atoms with Gasteiger partial charge in [0.05, 0.1) is 12.2 Å². The lowest BCUT2D eigenvalue weighted by Gasteiger charge is -2.01. The number of nitrogens with one attached hydrogen (secondary N) is 2. The molecule has 6 heteroatoms. The van der Waals surface area contributed by atoms with Crippen molar-refractivity contribution in [3.63, 3.8) is 0 Å². The maximum atomic E-state index is 11.2. The summed E-state index contributed by atoms with van der Waals surface area (Å²) in [7, 11) is 0. The molecule has 2 aromatic rings. The number of carbonyl (C=O) groups is 1. The van der Waals surface area contributed by atoms with E-state index in [0.717, 1.165) is 16.8 Å². The van der Waals surface area contributed by atoms with Gasteiger partial charge in [-0.25, -0.2) is 0 Å². The normalized spacial score (nSPS) is 9.47. The van der Waals surface area contributed by atoms with E-state index in [0.29, 0.717) is 5.82 Å². The highest BCUT2D eigenvalue weighted by atomic mass is 16.1. The number of hydrogen-bond donors (Lipinski definition) is 3. The van der Waals surface area contributed by atoms with Crippen molar-refractivity contribution in [1.29, 1.82) is 0 Å². The number of aromatic amines is 1. The third kappa shape index (κ3) is 3.62. The van der Waals surface area contributed by atoms with Crippen molar-refractivity contribution in [2.45, 2.75) is 20.8 Å². The molecule has 2 aromatic heterocycles. The lowest BCUT2D eigenvalue weighted by atomic mass is 10.1. The summed E-state index contributed by atoms with van der Waals surface area (Å²) < 4.78 is 0. The zero-order valence-electron chi connectivity index (χ0n) is 11.4. The van der Waals surface area contributed by atoms with E-state index in [4.69, 9.17) is 5.73 Å². The van der Waals surface area contributed by atoms with Crippen LogP contribution in [-0.4, -0.2) is 27.6 Å². The number of anilines is 1. The van der Waals surface area contributed by atoms with Crippen molar-refractivity contribution < 1.29 is 4.79 Å². The Labute approximate surface area is 112 Å². The Morgan fingerprint density at radius 2 is 2.21 bits per heavy atom. The second-order valence-electron chi connectivity index (χ2n) is 3.57. The minimum Gasteiger partial charge on any atom is -0.322 e. The molecule has 0 aromatic carbocycles. The quantitative estimate of drug-likeness (QED) is 0.783. The zero-order chi connectivity index (χ0) is 14.3. The molecule has 6 nitrogen and oxygen atoms in total. The van der Waals surface area contributed by atoms with Gasteiger partial charge in [0.1, 0.15) is 0 Å². The van der Waals surface area contributed by atoms with Gasteiger partial charge in [0.25, 0.3) is 0 Å². The van der Waals surface area contributed by atoms with Crippen LogP contribution >= 0.6 is 0 Å². The first kappa shape index (κ1) is 14.8. The Morgan fingerprint density at radius 3 is 2.79 bits per heavy atom. The Bertz CT molecular complexity index is 521. The van der Waals surface area contributed by atoms with Crippen LogP contribution in [0.4, 0.5) is 5.82 Å². The van der Waals surface area contributed by atoms with Crippen molar-refractivity contribution in [3.05, 3.63) is 30.1 Å². The first-order chi connectivity index (χ1) is 9.22. The van der Waals surface area contributed by atoms with Crippen LogP contribution in [0.1, 0.15) is 19.4 Å². The summed E-state index contributed by atoms with van der Waals surface area (Å²) >= 11 is 0. The predicted molar refractivity (Wildman–Crippen MR) is 75.6 cm³/mol. The Kier molecular flexibility index (Phi) is 5.69. The van der Waals surface area contributed by atoms with Gasteiger partial charge < -0.3 is 11.1 Å². The van der Waals surface area contributed by atoms with E-state index in [1.165, 1.54) is 0 Å². The molecule has 0 saturated heterocycles. The molecule has 2 rings (SSSR count). The molecule has 0 unspecified atom stereocenters. The first-order valence-electron chi connectivity index (χ1n) is 6.17. The number of aromatic nitrogens is 3. The monoisotopic (exact) mass is 261 g/mol. The van der Waals surface area contributed by atoms with E-state index < -0.39 is 0 Å². The van der Waals surface area contributed by atoms with Crippen LogP contribution in [0.25, 0.3) is 11.3 Å². The number of H-pyrrole nitrogens is 1. The molecule has 2 heterocycles. The number of hydrogen-bond acceptors (Lipinski definition) is 4. The average Bonchev–Trinajstić information content (AvgIpc) is 2.83. The predicted octanol–water partition coefficient (Wildman–Crippen LogP) is 1.70. The molecule has 4 N–H and O–H groups in total. The fourth-order valence-electron chi connectivity index (χ4n) is 1.49. The standard InChI is InChI=1S/C11H13N5O.C2H6/c1-7-10(8-3-2-4-13-6-8)15-16-11(7)14-9(17)5-12;1-2/h2-4,6H,5,12H2,1H3,(H2,14,15,16,17);1-2H3. The topological polar surface area (TPSA) is 96.7 Å². The molecule has 0 atom stereocenters. The minimum atomic E-state index is -0.266. The van der Waals surface area contributed by atoms with Gasteiger partial charge in [-0.2, -0.15) is 5.10 Å². The van der Waals surface area contributed by atoms with Crippen LogP contribution in [-0.2, 0) is 4.79 Å². The van der Waals surface area contributed by atoms with E-state index in [-0.39, 0.29) is 12.5 Å². The van der Waals surface area contributed by atoms with Gasteiger partial charge >= 0.3 is 0 Å². The molecule has 102 valence electrons. The van der Waals surface area contributed by atoms with Gasteiger partial charge in [-0.05, 0) is 19.1 Å². The zero-order valence-corrected chi connectivity index (χ0v) is 11.4. The van der Waals surface area contributed by atoms with E-state index in [9.17, 15) is 4.79 Å². The number of carbonyl (C=O) groups excluding carboxylic acids is 1. The molecule has 0 aliphatic heterocycles. The Balaban J connectivity index is 0.000000861. The highest BCUT2D eigenvalue weighted by Gasteiger charge is 2.12. The SMILES string of the molecule is CC.Cc1c(NC(=O)CN)n[nH]c1-c1cccnc1. The number of nitrogens with zero attached hydrogens (tertiary/aromatic N) is 2. The highest BCUT2D eigenvalue weighted by molar-refractivity contribution is 5.92. The lowest BCUT2D eigenvalue weighted by Crippen LogP contribution is -2.22. The van der Waals surface area contributed by atoms with E-state index >= 15 is 0 Å². The molecule has 0 spiro atoms. The van der Waals surface area contributed by atoms with E-state index in [2.05, 4.69) is 20.5 Å². The smallest absolute Gasteiger partial charge is 0.239 e. The van der Waals surface area contributed by atoms with Crippen molar-refractivity contribution in [3.8, 4) is 11.3 Å². The number of pyridine rings is 1. The molecular formula is C13H19N5O. The summed E-state index contributed by atoms with van der Waals surface area (Å²) in [5.74, 6) is 0.233. The molecule has 0 aliphatic carbocycles. The third-order valence-electron chi connectivity index (χ3n) is 2.40. The first-order valence-corrected chi connectivity index (χ1v) is 6.17. The van der Waals surface area contributed by atoms with Crippen LogP contribution in [0.3, 0.4) is 0 Å². The van der Waals surface area contributed by atoms with Crippen molar-refractivity contribution >= 4 is 11.7 Å². The summed E-state index contributed by atoms with van der Waals surface area (Å²) in [6.07, 6.45) is 3.43. The van der Waals surface area contributed by atoms with Gasteiger partial charge in [0.2, 0.25) is 5.91 Å². The van der Waals surface area contributed by atoms with E-state index in [1.807, 2.05) is 32.9 Å². The Morgan fingerprint density at radius 1 is 1.47 bits per heavy atom. The van der Waals surface area contributed by atoms with Crippen LogP contribution in [0.15, 0.2) is 24.5 Å². The summed E-state index contributed by atoms with van der Waals surface area (Å²) in [6, 6.07) is 3.76. The highest BCUT2D eigenvalue weighted by Crippen LogP contribution is 2.24. The number of amides is 1. The second kappa shape index (κ2) is 7.27. The fraction of sp³-hybridized carbons (Fsp3) is 0.308. The molecule has 0 bridgehead atoms. The fourth-order valence-corrected chi connectivity index (χ4v) is 1.49. The molecule has 0 aliphatic rings. The third-order valence-corrected chi connectivity index (χ3v) is 2.40. The molecule has 19 heavy (non-hydrogen) atoms. The molecule has 0 fully saturated rings. The van der Waals surface area contributed by atoms with Crippen LogP contribution in [0, 0.1) is 6.92 Å². The van der Waals surface area contributed by atoms with Crippen molar-refractivity contribution in [2.75, 3.05) is 11.9 Å². The van der Waals surface area contributed by atoms with Gasteiger partial charge in [-0.3, -0.25) is 14.9 Å². The van der Waals surface area contributed by atoms with Crippen LogP contribution in [0.5, 0.6) is 0 Å². The lowest BCUT2D eigenvalue weighted by molar-refractivity contribution is -0.114. The number of nitrogens with two attached hydrogens (primary N) is 1. The molecule has 0 radical (unpaired) electrons. The number of rotatable bonds is 3. The second-order valence-corrected chi connectivity index (χ2v) is 3.57. The molecular weight excluding hydrogens is 242 g/mol. The summed E-state index contributed by atoms with van der Waals surface area (Å²) in [6.45, 7) is 5.81. The van der Waals surface area contributed by atoms with Gasteiger partial charge in [-0.1, -0.05) is 13.8 Å². The van der Waals surface area contributed by atoms with Gasteiger partial charge in [-0.15, -0.1) is 0 Å². The summed E-state index contributed by atoms with van der Waals surface area (Å²) in [5, 5.41) is 9.54. The molecule has 1 amide bonds. The van der Waals surface area contributed by atoms with Gasteiger partial charge in [0.15, 0.2) is 5.82 Å². The van der Waals surface area contributed by atoms with Crippen LogP contribution in [0.2, 0.25) is 0 Å². The maximum Gasteiger partial charge on any atom is 0.239 e. The maximum absolute atomic E-state index is 11.2. The largest absolute Gasteiger partial charge is 0.322 e. The van der Waals surface area contributed by atoms with Crippen LogP contribution < -0.4 is 11.1 Å². The Hall–Kier alpha value is -2.21. The average molecular weight is 261 g/mol. The van der Waals surface area contributed by atoms with Crippen molar-refractivity contribution in [1.82, 2.24) is 15.2 Å². The minimum absolute atomic E-state index is 0.0610.